The van der Waals surface area contributed by atoms with Gasteiger partial charge in [0.2, 0.25) is 0 Å². The number of aromatic nitrogens is 1. The van der Waals surface area contributed by atoms with E-state index in [4.69, 9.17) is 16.0 Å². The maximum atomic E-state index is 11.6. The second-order valence-electron chi connectivity index (χ2n) is 3.10. The summed E-state index contributed by atoms with van der Waals surface area (Å²) < 4.78 is 4.84. The molecule has 0 bridgehead atoms. The van der Waals surface area contributed by atoms with E-state index >= 15 is 0 Å². The summed E-state index contributed by atoms with van der Waals surface area (Å²) >= 11 is 5.76. The molecule has 0 aliphatic heterocycles. The van der Waals surface area contributed by atoms with Gasteiger partial charge in [-0.2, -0.15) is 5.10 Å². The van der Waals surface area contributed by atoms with E-state index in [1.165, 1.54) is 24.9 Å². The van der Waals surface area contributed by atoms with E-state index in [-0.39, 0.29) is 10.7 Å². The summed E-state index contributed by atoms with van der Waals surface area (Å²) in [7, 11) is 0. The fraction of sp³-hybridized carbons (Fsp3) is 0. The van der Waals surface area contributed by atoms with Crippen molar-refractivity contribution in [3.63, 3.8) is 0 Å². The molecular formula is C11H8ClN3O2. The number of furan rings is 1. The van der Waals surface area contributed by atoms with Gasteiger partial charge in [-0.15, -0.1) is 0 Å². The van der Waals surface area contributed by atoms with Crippen LogP contribution in [0, 0.1) is 0 Å². The number of nitrogens with one attached hydrogen (secondary N) is 1. The largest absolute Gasteiger partial charge is 0.472 e. The Kier molecular flexibility index (Phi) is 3.52. The Morgan fingerprint density at radius 1 is 1.53 bits per heavy atom. The lowest BCUT2D eigenvalue weighted by molar-refractivity contribution is 0.0955. The normalized spacial score (nSPS) is 10.6. The summed E-state index contributed by atoms with van der Waals surface area (Å²) in [6, 6.07) is 4.91. The number of amides is 1. The molecule has 86 valence electrons. The van der Waals surface area contributed by atoms with Crippen molar-refractivity contribution in [3.8, 4) is 0 Å². The number of carbonyl (C=O) groups is 1. The Hall–Kier alpha value is -2.14. The van der Waals surface area contributed by atoms with Crippen LogP contribution in [0.3, 0.4) is 0 Å². The first kappa shape index (κ1) is 11.3. The van der Waals surface area contributed by atoms with Gasteiger partial charge in [-0.3, -0.25) is 4.79 Å². The van der Waals surface area contributed by atoms with Gasteiger partial charge in [-0.05, 0) is 18.2 Å². The van der Waals surface area contributed by atoms with E-state index in [1.807, 2.05) is 0 Å². The molecule has 2 rings (SSSR count). The van der Waals surface area contributed by atoms with Crippen LogP contribution < -0.4 is 5.43 Å². The molecule has 1 N–H and O–H groups in total. The van der Waals surface area contributed by atoms with Gasteiger partial charge in [-0.1, -0.05) is 11.6 Å². The molecule has 2 aromatic heterocycles. The quantitative estimate of drug-likeness (QED) is 0.515. The van der Waals surface area contributed by atoms with Crippen LogP contribution >= 0.6 is 11.6 Å². The van der Waals surface area contributed by atoms with Crippen LogP contribution in [-0.4, -0.2) is 17.1 Å². The zero-order valence-corrected chi connectivity index (χ0v) is 9.39. The minimum Gasteiger partial charge on any atom is -0.472 e. The average molecular weight is 250 g/mol. The first-order valence-corrected chi connectivity index (χ1v) is 5.11. The van der Waals surface area contributed by atoms with E-state index in [1.54, 1.807) is 18.2 Å². The monoisotopic (exact) mass is 249 g/mol. The van der Waals surface area contributed by atoms with Crippen molar-refractivity contribution in [1.82, 2.24) is 10.4 Å². The molecule has 0 aliphatic carbocycles. The van der Waals surface area contributed by atoms with Gasteiger partial charge in [0.25, 0.3) is 5.91 Å². The molecule has 0 aromatic carbocycles. The molecule has 0 radical (unpaired) electrons. The predicted octanol–water partition coefficient (Wildman–Crippen LogP) is 2.09. The zero-order chi connectivity index (χ0) is 12.1. The number of rotatable bonds is 3. The van der Waals surface area contributed by atoms with Gasteiger partial charge in [0.15, 0.2) is 0 Å². The van der Waals surface area contributed by atoms with Crippen molar-refractivity contribution in [3.05, 3.63) is 53.2 Å². The van der Waals surface area contributed by atoms with Crippen molar-refractivity contribution in [2.24, 2.45) is 5.10 Å². The Morgan fingerprint density at radius 2 is 2.41 bits per heavy atom. The van der Waals surface area contributed by atoms with Gasteiger partial charge < -0.3 is 4.42 Å². The summed E-state index contributed by atoms with van der Waals surface area (Å²) in [4.78, 5) is 15.4. The van der Waals surface area contributed by atoms with Crippen LogP contribution in [0.2, 0.25) is 5.15 Å². The molecule has 2 aromatic rings. The average Bonchev–Trinajstić information content (AvgIpc) is 2.82. The second-order valence-corrected chi connectivity index (χ2v) is 3.46. The van der Waals surface area contributed by atoms with E-state index in [9.17, 15) is 4.79 Å². The maximum Gasteiger partial charge on any atom is 0.274 e. The first-order chi connectivity index (χ1) is 8.27. The van der Waals surface area contributed by atoms with E-state index in [2.05, 4.69) is 15.5 Å². The van der Waals surface area contributed by atoms with Crippen LogP contribution in [-0.2, 0) is 0 Å². The number of nitrogens with zero attached hydrogens (tertiary/aromatic N) is 2. The number of hydrogen-bond acceptors (Lipinski definition) is 4. The van der Waals surface area contributed by atoms with Crippen LogP contribution in [0.5, 0.6) is 0 Å². The number of carbonyl (C=O) groups excluding carboxylic acids is 1. The maximum absolute atomic E-state index is 11.6. The summed E-state index contributed by atoms with van der Waals surface area (Å²) in [6.07, 6.45) is 5.99. The molecule has 0 fully saturated rings. The molecule has 2 heterocycles. The van der Waals surface area contributed by atoms with Gasteiger partial charge in [0, 0.05) is 11.8 Å². The standard InChI is InChI=1S/C11H8ClN3O2/c12-10-9(2-1-4-13-10)11(16)15-14-6-8-3-5-17-7-8/h1-7H,(H,15,16). The lowest BCUT2D eigenvalue weighted by Gasteiger charge is -2.00. The molecular weight excluding hydrogens is 242 g/mol. The Balaban J connectivity index is 2.01. The third kappa shape index (κ3) is 2.92. The van der Waals surface area contributed by atoms with Crippen LogP contribution in [0.15, 0.2) is 46.4 Å². The second kappa shape index (κ2) is 5.27. The van der Waals surface area contributed by atoms with Crippen molar-refractivity contribution in [2.75, 3.05) is 0 Å². The van der Waals surface area contributed by atoms with Crippen molar-refractivity contribution in [2.45, 2.75) is 0 Å². The van der Waals surface area contributed by atoms with Crippen molar-refractivity contribution in [1.29, 1.82) is 0 Å². The van der Waals surface area contributed by atoms with Gasteiger partial charge in [0.05, 0.1) is 24.3 Å². The minimum atomic E-state index is -0.414. The third-order valence-electron chi connectivity index (χ3n) is 1.93. The first-order valence-electron chi connectivity index (χ1n) is 4.73. The molecule has 5 nitrogen and oxygen atoms in total. The highest BCUT2D eigenvalue weighted by molar-refractivity contribution is 6.32. The van der Waals surface area contributed by atoms with Gasteiger partial charge in [-0.25, -0.2) is 10.4 Å². The molecule has 0 saturated heterocycles. The van der Waals surface area contributed by atoms with Crippen molar-refractivity contribution < 1.29 is 9.21 Å². The van der Waals surface area contributed by atoms with E-state index in [0.29, 0.717) is 0 Å². The topological polar surface area (TPSA) is 67.5 Å². The summed E-state index contributed by atoms with van der Waals surface area (Å²) in [5, 5.41) is 3.90. The molecule has 0 spiro atoms. The van der Waals surface area contributed by atoms with Crippen LogP contribution in [0.1, 0.15) is 15.9 Å². The summed E-state index contributed by atoms with van der Waals surface area (Å²) in [5.41, 5.74) is 3.37. The summed E-state index contributed by atoms with van der Waals surface area (Å²) in [6.45, 7) is 0. The SMILES string of the molecule is O=C(NN=Cc1ccoc1)c1cccnc1Cl. The predicted molar refractivity (Wildman–Crippen MR) is 63.0 cm³/mol. The van der Waals surface area contributed by atoms with Gasteiger partial charge >= 0.3 is 0 Å². The lowest BCUT2D eigenvalue weighted by Crippen LogP contribution is -2.18. The smallest absolute Gasteiger partial charge is 0.274 e. The molecule has 1 amide bonds. The lowest BCUT2D eigenvalue weighted by atomic mass is 10.3. The Labute approximate surface area is 102 Å². The Bertz CT molecular complexity index is 537. The van der Waals surface area contributed by atoms with E-state index < -0.39 is 5.91 Å². The highest BCUT2D eigenvalue weighted by Crippen LogP contribution is 2.10. The molecule has 17 heavy (non-hydrogen) atoms. The molecule has 0 unspecified atom stereocenters. The van der Waals surface area contributed by atoms with Crippen LogP contribution in [0.4, 0.5) is 0 Å². The molecule has 0 aliphatic rings. The van der Waals surface area contributed by atoms with Gasteiger partial charge in [0.1, 0.15) is 5.15 Å². The highest BCUT2D eigenvalue weighted by atomic mass is 35.5. The minimum absolute atomic E-state index is 0.142. The summed E-state index contributed by atoms with van der Waals surface area (Å²) in [5.74, 6) is -0.414. The number of hydrogen-bond donors (Lipinski definition) is 1. The molecule has 0 atom stereocenters. The Morgan fingerprint density at radius 3 is 3.12 bits per heavy atom. The fourth-order valence-corrected chi connectivity index (χ4v) is 1.33. The highest BCUT2D eigenvalue weighted by Gasteiger charge is 2.08. The fourth-order valence-electron chi connectivity index (χ4n) is 1.13. The molecule has 0 saturated carbocycles. The molecule has 6 heteroatoms. The number of hydrazone groups is 1. The number of halogens is 1. The van der Waals surface area contributed by atoms with Crippen LogP contribution in [0.25, 0.3) is 0 Å². The third-order valence-corrected chi connectivity index (χ3v) is 2.23. The van der Waals surface area contributed by atoms with E-state index in [0.717, 1.165) is 5.56 Å². The zero-order valence-electron chi connectivity index (χ0n) is 8.63. The number of pyridine rings is 1. The van der Waals surface area contributed by atoms with Crippen molar-refractivity contribution >= 4 is 23.7 Å².